The first kappa shape index (κ1) is 28.9. The van der Waals surface area contributed by atoms with Gasteiger partial charge in [-0.15, -0.1) is 31.1 Å². The number of allylic oxidation sites excluding steroid dienone is 1. The highest BCUT2D eigenvalue weighted by molar-refractivity contribution is 7.11. The molecule has 0 aromatic carbocycles. The van der Waals surface area contributed by atoms with Crippen molar-refractivity contribution in [3.63, 3.8) is 0 Å². The summed E-state index contributed by atoms with van der Waals surface area (Å²) >= 11 is 1.93. The minimum absolute atomic E-state index is 0.153. The highest BCUT2D eigenvalue weighted by atomic mass is 32.1. The van der Waals surface area contributed by atoms with Gasteiger partial charge < -0.3 is 5.11 Å². The van der Waals surface area contributed by atoms with Crippen LogP contribution >= 0.6 is 11.3 Å². The van der Waals surface area contributed by atoms with Crippen LogP contribution in [0.15, 0.2) is 37.9 Å². The van der Waals surface area contributed by atoms with Crippen LogP contribution in [-0.4, -0.2) is 11.2 Å². The Morgan fingerprint density at radius 3 is 1.84 bits per heavy atom. The minimum atomic E-state index is -0.153. The average Bonchev–Trinajstić information content (AvgIpc) is 2.86. The largest absolute Gasteiger partial charge is 0.393 e. The molecule has 2 heteroatoms. The summed E-state index contributed by atoms with van der Waals surface area (Å²) in [4.78, 5) is 2.96. The van der Waals surface area contributed by atoms with Gasteiger partial charge in [0.1, 0.15) is 0 Å². The van der Waals surface area contributed by atoms with Gasteiger partial charge in [-0.05, 0) is 63.0 Å². The molecule has 1 rings (SSSR count). The van der Waals surface area contributed by atoms with Gasteiger partial charge in [-0.25, -0.2) is 0 Å². The van der Waals surface area contributed by atoms with E-state index in [1.165, 1.54) is 16.2 Å². The fourth-order valence-corrected chi connectivity index (χ4v) is 2.91. The molecule has 0 aliphatic rings. The SMILES string of the molecule is C=C.C=CC.CC(C)(C)C.CC(C)Cc1ccc(CCCC(C)O)s1. The Morgan fingerprint density at radius 1 is 1.08 bits per heavy atom. The molecular formula is C23H44OS. The molecule has 1 atom stereocenters. The lowest BCUT2D eigenvalue weighted by molar-refractivity contribution is 0.182. The maximum absolute atomic E-state index is 9.16. The fraction of sp³-hybridized carbons (Fsp3) is 0.652. The number of rotatable bonds is 6. The molecule has 1 aromatic heterocycles. The molecule has 0 amide bonds. The van der Waals surface area contributed by atoms with Gasteiger partial charge in [0.05, 0.1) is 6.10 Å². The van der Waals surface area contributed by atoms with E-state index in [0.717, 1.165) is 25.2 Å². The molecule has 1 N–H and O–H groups in total. The molecule has 0 aliphatic heterocycles. The second kappa shape index (κ2) is 17.9. The number of aliphatic hydroxyl groups is 1. The van der Waals surface area contributed by atoms with Gasteiger partial charge in [0.2, 0.25) is 0 Å². The minimum Gasteiger partial charge on any atom is -0.393 e. The molecule has 1 heterocycles. The van der Waals surface area contributed by atoms with E-state index in [1.54, 1.807) is 6.08 Å². The smallest absolute Gasteiger partial charge is 0.0512 e. The number of hydrogen-bond acceptors (Lipinski definition) is 2. The molecule has 1 unspecified atom stereocenters. The monoisotopic (exact) mass is 368 g/mol. The summed E-state index contributed by atoms with van der Waals surface area (Å²) in [7, 11) is 0. The quantitative estimate of drug-likeness (QED) is 0.510. The molecular weight excluding hydrogens is 324 g/mol. The molecule has 148 valence electrons. The number of aliphatic hydroxyl groups excluding tert-OH is 1. The predicted octanol–water partition coefficient (Wildman–Crippen LogP) is 7.70. The molecule has 1 aromatic rings. The van der Waals surface area contributed by atoms with E-state index < -0.39 is 0 Å². The average molecular weight is 369 g/mol. The van der Waals surface area contributed by atoms with Crippen LogP contribution in [0.4, 0.5) is 0 Å². The molecule has 1 nitrogen and oxygen atoms in total. The Hall–Kier alpha value is -0.860. The van der Waals surface area contributed by atoms with E-state index in [4.69, 9.17) is 5.11 Å². The van der Waals surface area contributed by atoms with Crippen molar-refractivity contribution >= 4 is 11.3 Å². The van der Waals surface area contributed by atoms with Gasteiger partial charge in [-0.2, -0.15) is 0 Å². The van der Waals surface area contributed by atoms with Crippen LogP contribution in [0.3, 0.4) is 0 Å². The molecule has 0 saturated heterocycles. The van der Waals surface area contributed by atoms with Gasteiger partial charge in [-0.1, -0.05) is 47.6 Å². The first-order valence-electron chi connectivity index (χ1n) is 9.32. The maximum atomic E-state index is 9.16. The van der Waals surface area contributed by atoms with Crippen LogP contribution in [0, 0.1) is 11.3 Å². The maximum Gasteiger partial charge on any atom is 0.0512 e. The highest BCUT2D eigenvalue weighted by Gasteiger charge is 2.03. The molecule has 0 radical (unpaired) electrons. The van der Waals surface area contributed by atoms with Crippen molar-refractivity contribution in [1.29, 1.82) is 0 Å². The van der Waals surface area contributed by atoms with Crippen LogP contribution in [0.25, 0.3) is 0 Å². The summed E-state index contributed by atoms with van der Waals surface area (Å²) < 4.78 is 0. The van der Waals surface area contributed by atoms with Crippen LogP contribution < -0.4 is 0 Å². The van der Waals surface area contributed by atoms with Gasteiger partial charge in [0, 0.05) is 9.75 Å². The summed E-state index contributed by atoms with van der Waals surface area (Å²) in [5.41, 5.74) is 0.500. The summed E-state index contributed by atoms with van der Waals surface area (Å²) in [6.07, 6.45) is 5.92. The van der Waals surface area contributed by atoms with E-state index in [9.17, 15) is 0 Å². The van der Waals surface area contributed by atoms with E-state index in [2.05, 4.69) is 73.4 Å². The fourth-order valence-electron chi connectivity index (χ4n) is 1.64. The second-order valence-corrected chi connectivity index (χ2v) is 9.37. The highest BCUT2D eigenvalue weighted by Crippen LogP contribution is 2.21. The zero-order valence-electron chi connectivity index (χ0n) is 18.2. The number of hydrogen-bond donors (Lipinski definition) is 1. The Kier molecular flexibility index (Phi) is 20.8. The summed E-state index contributed by atoms with van der Waals surface area (Å²) in [6, 6.07) is 4.49. The summed E-state index contributed by atoms with van der Waals surface area (Å²) in [6.45, 7) is 26.4. The first-order valence-corrected chi connectivity index (χ1v) is 10.1. The van der Waals surface area contributed by atoms with Crippen LogP contribution in [-0.2, 0) is 12.8 Å². The normalized spacial score (nSPS) is 11.1. The third-order valence-electron chi connectivity index (χ3n) is 2.37. The van der Waals surface area contributed by atoms with E-state index in [0.29, 0.717) is 5.41 Å². The lowest BCUT2D eigenvalue weighted by Gasteiger charge is -2.05. The molecule has 0 saturated carbocycles. The van der Waals surface area contributed by atoms with Crippen molar-refractivity contribution in [3.05, 3.63) is 47.7 Å². The van der Waals surface area contributed by atoms with Crippen molar-refractivity contribution in [3.8, 4) is 0 Å². The third kappa shape index (κ3) is 31.4. The van der Waals surface area contributed by atoms with Gasteiger partial charge in [0.15, 0.2) is 0 Å². The Morgan fingerprint density at radius 2 is 1.48 bits per heavy atom. The lowest BCUT2D eigenvalue weighted by Crippen LogP contribution is -1.99. The Labute approximate surface area is 162 Å². The van der Waals surface area contributed by atoms with Crippen molar-refractivity contribution in [1.82, 2.24) is 0 Å². The molecule has 25 heavy (non-hydrogen) atoms. The topological polar surface area (TPSA) is 20.2 Å². The number of thiophene rings is 1. The number of aryl methyl sites for hydroxylation is 1. The van der Waals surface area contributed by atoms with Crippen molar-refractivity contribution in [2.75, 3.05) is 0 Å². The van der Waals surface area contributed by atoms with Crippen LogP contribution in [0.1, 0.15) is 78.0 Å². The van der Waals surface area contributed by atoms with Crippen molar-refractivity contribution in [2.24, 2.45) is 11.3 Å². The second-order valence-electron chi connectivity index (χ2n) is 8.12. The molecule has 0 fully saturated rings. The molecule has 0 bridgehead atoms. The van der Waals surface area contributed by atoms with Crippen LogP contribution in [0.5, 0.6) is 0 Å². The summed E-state index contributed by atoms with van der Waals surface area (Å²) in [5.74, 6) is 0.744. The van der Waals surface area contributed by atoms with E-state index in [-0.39, 0.29) is 6.10 Å². The Balaban J connectivity index is -0.000000404. The van der Waals surface area contributed by atoms with Crippen LogP contribution in [0.2, 0.25) is 0 Å². The van der Waals surface area contributed by atoms with Gasteiger partial charge in [0.25, 0.3) is 0 Å². The zero-order chi connectivity index (χ0) is 20.5. The standard InChI is InChI=1S/C13H22OS.C5H12.C3H6.C2H4/c1-10(2)9-13-8-7-12(15-13)6-4-5-11(3)14;1-5(2,3)4;1-3-2;1-2/h7-8,10-11,14H,4-6,9H2,1-3H3;1-4H3;3H,1H2,2H3;1-2H2. The predicted molar refractivity (Wildman–Crippen MR) is 120 cm³/mol. The van der Waals surface area contributed by atoms with Gasteiger partial charge in [-0.3, -0.25) is 0 Å². The van der Waals surface area contributed by atoms with Crippen molar-refractivity contribution in [2.45, 2.75) is 87.2 Å². The van der Waals surface area contributed by atoms with Crippen molar-refractivity contribution < 1.29 is 5.11 Å². The summed E-state index contributed by atoms with van der Waals surface area (Å²) in [5, 5.41) is 9.16. The Bertz CT molecular complexity index is 390. The lowest BCUT2D eigenvalue weighted by atomic mass is 10.0. The zero-order valence-corrected chi connectivity index (χ0v) is 19.0. The first-order chi connectivity index (χ1) is 11.5. The molecule has 0 spiro atoms. The van der Waals surface area contributed by atoms with Gasteiger partial charge >= 0.3 is 0 Å². The third-order valence-corrected chi connectivity index (χ3v) is 3.54. The van der Waals surface area contributed by atoms with E-state index in [1.807, 2.05) is 25.2 Å². The molecule has 0 aliphatic carbocycles. The van der Waals surface area contributed by atoms with E-state index >= 15 is 0 Å².